The molecule has 0 heterocycles. The second kappa shape index (κ2) is 6.31. The Balaban J connectivity index is 2.51. The van der Waals surface area contributed by atoms with Gasteiger partial charge in [0.1, 0.15) is 0 Å². The van der Waals surface area contributed by atoms with Gasteiger partial charge in [0.05, 0.1) is 11.3 Å². The highest BCUT2D eigenvalue weighted by Gasteiger charge is 2.26. The summed E-state index contributed by atoms with van der Waals surface area (Å²) >= 11 is 7.40. The van der Waals surface area contributed by atoms with Gasteiger partial charge < -0.3 is 4.90 Å². The molecule has 2 nitrogen and oxygen atoms in total. The van der Waals surface area contributed by atoms with Crippen LogP contribution in [-0.4, -0.2) is 35.0 Å². The standard InChI is InChI=1S/C13H18ClNOS/c1-13(2,10-14)15(3)12(16)9-17-11-7-5-4-6-8-11/h4-8H,9-10H2,1-3H3. The third kappa shape index (κ3) is 4.25. The van der Waals surface area contributed by atoms with Crippen molar-refractivity contribution in [3.8, 4) is 0 Å². The fraction of sp³-hybridized carbons (Fsp3) is 0.462. The quantitative estimate of drug-likeness (QED) is 0.605. The lowest BCUT2D eigenvalue weighted by Gasteiger charge is -2.33. The van der Waals surface area contributed by atoms with Crippen molar-refractivity contribution in [1.82, 2.24) is 4.90 Å². The average Bonchev–Trinajstić information content (AvgIpc) is 2.36. The number of amides is 1. The van der Waals surface area contributed by atoms with Crippen molar-refractivity contribution in [2.45, 2.75) is 24.3 Å². The Hall–Kier alpha value is -0.670. The normalized spacial score (nSPS) is 11.3. The van der Waals surface area contributed by atoms with E-state index in [2.05, 4.69) is 0 Å². The van der Waals surface area contributed by atoms with Gasteiger partial charge >= 0.3 is 0 Å². The van der Waals surface area contributed by atoms with Crippen molar-refractivity contribution < 1.29 is 4.79 Å². The van der Waals surface area contributed by atoms with E-state index in [0.717, 1.165) is 4.90 Å². The second-order valence-electron chi connectivity index (χ2n) is 4.50. The van der Waals surface area contributed by atoms with Crippen molar-refractivity contribution in [3.05, 3.63) is 30.3 Å². The summed E-state index contributed by atoms with van der Waals surface area (Å²) in [5.41, 5.74) is -0.296. The van der Waals surface area contributed by atoms with Crippen LogP contribution in [0, 0.1) is 0 Å². The molecule has 1 aromatic rings. The molecule has 0 saturated heterocycles. The molecule has 1 aromatic carbocycles. The molecule has 0 bridgehead atoms. The van der Waals surface area contributed by atoms with Gasteiger partial charge in [-0.1, -0.05) is 18.2 Å². The van der Waals surface area contributed by atoms with Gasteiger partial charge in [0.15, 0.2) is 0 Å². The molecular weight excluding hydrogens is 254 g/mol. The van der Waals surface area contributed by atoms with Crippen LogP contribution in [0.25, 0.3) is 0 Å². The average molecular weight is 272 g/mol. The van der Waals surface area contributed by atoms with E-state index in [1.165, 1.54) is 0 Å². The highest BCUT2D eigenvalue weighted by molar-refractivity contribution is 8.00. The summed E-state index contributed by atoms with van der Waals surface area (Å²) in [6.07, 6.45) is 0. The minimum absolute atomic E-state index is 0.101. The van der Waals surface area contributed by atoms with Crippen LogP contribution in [0.15, 0.2) is 35.2 Å². The summed E-state index contributed by atoms with van der Waals surface area (Å²) in [5.74, 6) is 0.982. The maximum absolute atomic E-state index is 12.0. The SMILES string of the molecule is CN(C(=O)CSc1ccccc1)C(C)(C)CCl. The van der Waals surface area contributed by atoms with E-state index in [1.807, 2.05) is 44.2 Å². The van der Waals surface area contributed by atoms with Crippen LogP contribution in [0.5, 0.6) is 0 Å². The van der Waals surface area contributed by atoms with Crippen LogP contribution in [-0.2, 0) is 4.79 Å². The summed E-state index contributed by atoms with van der Waals surface area (Å²) in [4.78, 5) is 14.8. The Bertz CT molecular complexity index is 367. The van der Waals surface area contributed by atoms with Gasteiger partial charge in [-0.05, 0) is 26.0 Å². The first-order chi connectivity index (χ1) is 7.97. The Morgan fingerprint density at radius 3 is 2.47 bits per heavy atom. The largest absolute Gasteiger partial charge is 0.339 e. The Morgan fingerprint density at radius 2 is 1.94 bits per heavy atom. The highest BCUT2D eigenvalue weighted by atomic mass is 35.5. The Morgan fingerprint density at radius 1 is 1.35 bits per heavy atom. The molecule has 4 heteroatoms. The number of alkyl halides is 1. The lowest BCUT2D eigenvalue weighted by molar-refractivity contribution is -0.131. The number of nitrogens with zero attached hydrogens (tertiary/aromatic N) is 1. The molecular formula is C13H18ClNOS. The minimum atomic E-state index is -0.296. The zero-order valence-corrected chi connectivity index (χ0v) is 12.0. The number of rotatable bonds is 5. The lowest BCUT2D eigenvalue weighted by atomic mass is 10.1. The molecule has 0 aliphatic heterocycles. The second-order valence-corrected chi connectivity index (χ2v) is 5.82. The molecule has 17 heavy (non-hydrogen) atoms. The summed E-state index contributed by atoms with van der Waals surface area (Å²) in [6, 6.07) is 9.92. The van der Waals surface area contributed by atoms with E-state index in [9.17, 15) is 4.79 Å². The predicted molar refractivity (Wildman–Crippen MR) is 74.7 cm³/mol. The van der Waals surface area contributed by atoms with Gasteiger partial charge in [-0.2, -0.15) is 0 Å². The first kappa shape index (κ1) is 14.4. The van der Waals surface area contributed by atoms with E-state index >= 15 is 0 Å². The first-order valence-electron chi connectivity index (χ1n) is 5.48. The van der Waals surface area contributed by atoms with Gasteiger partial charge in [-0.25, -0.2) is 0 Å². The first-order valence-corrected chi connectivity index (χ1v) is 7.00. The maximum atomic E-state index is 12.0. The van der Waals surface area contributed by atoms with Crippen molar-refractivity contribution >= 4 is 29.3 Å². The van der Waals surface area contributed by atoms with E-state index in [4.69, 9.17) is 11.6 Å². The zero-order chi connectivity index (χ0) is 12.9. The van der Waals surface area contributed by atoms with Gasteiger partial charge in [0, 0.05) is 17.8 Å². The van der Waals surface area contributed by atoms with E-state index in [1.54, 1.807) is 23.7 Å². The monoisotopic (exact) mass is 271 g/mol. The van der Waals surface area contributed by atoms with E-state index in [0.29, 0.717) is 11.6 Å². The molecule has 1 amide bonds. The topological polar surface area (TPSA) is 20.3 Å². The van der Waals surface area contributed by atoms with Crippen molar-refractivity contribution in [1.29, 1.82) is 0 Å². The Labute approximate surface area is 112 Å². The minimum Gasteiger partial charge on any atom is -0.339 e. The molecule has 0 unspecified atom stereocenters. The summed E-state index contributed by atoms with van der Waals surface area (Å²) in [7, 11) is 1.80. The van der Waals surface area contributed by atoms with Gasteiger partial charge in [-0.15, -0.1) is 23.4 Å². The molecule has 0 aliphatic carbocycles. The number of carbonyl (C=O) groups is 1. The number of thioether (sulfide) groups is 1. The number of benzene rings is 1. The third-order valence-electron chi connectivity index (χ3n) is 2.71. The summed E-state index contributed by atoms with van der Waals surface area (Å²) in [6.45, 7) is 3.93. The van der Waals surface area contributed by atoms with Gasteiger partial charge in [0.25, 0.3) is 0 Å². The van der Waals surface area contributed by atoms with E-state index in [-0.39, 0.29) is 11.4 Å². The fourth-order valence-corrected chi connectivity index (χ4v) is 2.20. The number of hydrogen-bond acceptors (Lipinski definition) is 2. The van der Waals surface area contributed by atoms with Crippen molar-refractivity contribution in [2.75, 3.05) is 18.7 Å². The number of halogens is 1. The molecule has 0 radical (unpaired) electrons. The number of carbonyl (C=O) groups excluding carboxylic acids is 1. The molecule has 0 saturated carbocycles. The number of hydrogen-bond donors (Lipinski definition) is 0. The molecule has 1 rings (SSSR count). The van der Waals surface area contributed by atoms with Crippen LogP contribution >= 0.6 is 23.4 Å². The van der Waals surface area contributed by atoms with Crippen molar-refractivity contribution in [3.63, 3.8) is 0 Å². The van der Waals surface area contributed by atoms with Crippen LogP contribution in [0.4, 0.5) is 0 Å². The predicted octanol–water partition coefficient (Wildman–Crippen LogP) is 3.25. The summed E-state index contributed by atoms with van der Waals surface area (Å²) in [5, 5.41) is 0. The van der Waals surface area contributed by atoms with Crippen LogP contribution < -0.4 is 0 Å². The smallest absolute Gasteiger partial charge is 0.233 e. The molecule has 0 fully saturated rings. The van der Waals surface area contributed by atoms with Crippen LogP contribution in [0.3, 0.4) is 0 Å². The molecule has 0 N–H and O–H groups in total. The summed E-state index contributed by atoms with van der Waals surface area (Å²) < 4.78 is 0. The fourth-order valence-electron chi connectivity index (χ4n) is 1.19. The highest BCUT2D eigenvalue weighted by Crippen LogP contribution is 2.20. The van der Waals surface area contributed by atoms with Crippen LogP contribution in [0.2, 0.25) is 0 Å². The lowest BCUT2D eigenvalue weighted by Crippen LogP contribution is -2.47. The van der Waals surface area contributed by atoms with Gasteiger partial charge in [-0.3, -0.25) is 4.79 Å². The molecule has 0 aromatic heterocycles. The molecule has 94 valence electrons. The van der Waals surface area contributed by atoms with Gasteiger partial charge in [0.2, 0.25) is 5.91 Å². The Kier molecular flexibility index (Phi) is 5.34. The third-order valence-corrected chi connectivity index (χ3v) is 4.37. The van der Waals surface area contributed by atoms with Crippen LogP contribution in [0.1, 0.15) is 13.8 Å². The molecule has 0 spiro atoms. The van der Waals surface area contributed by atoms with Crippen molar-refractivity contribution in [2.24, 2.45) is 0 Å². The molecule has 0 atom stereocenters. The molecule has 0 aliphatic rings. The maximum Gasteiger partial charge on any atom is 0.233 e. The zero-order valence-electron chi connectivity index (χ0n) is 10.4. The van der Waals surface area contributed by atoms with E-state index < -0.39 is 0 Å².